The SMILES string of the molecule is OCCc1ccccc1OCCOc1ccccc1CCO. The predicted octanol–water partition coefficient (Wildman–Crippen LogP) is 2.21. The zero-order chi connectivity index (χ0) is 15.6. The highest BCUT2D eigenvalue weighted by molar-refractivity contribution is 5.34. The minimum atomic E-state index is 0.103. The quantitative estimate of drug-likeness (QED) is 0.697. The molecular weight excluding hydrogens is 280 g/mol. The summed E-state index contributed by atoms with van der Waals surface area (Å²) < 4.78 is 11.5. The molecule has 2 aromatic carbocycles. The normalized spacial score (nSPS) is 10.5. The van der Waals surface area contributed by atoms with Gasteiger partial charge in [0.15, 0.2) is 0 Å². The summed E-state index contributed by atoms with van der Waals surface area (Å²) in [7, 11) is 0. The molecule has 0 unspecified atom stereocenters. The molecule has 0 bridgehead atoms. The number of hydrogen-bond donors (Lipinski definition) is 2. The molecule has 2 N–H and O–H groups in total. The van der Waals surface area contributed by atoms with Crippen LogP contribution in [0.1, 0.15) is 11.1 Å². The highest BCUT2D eigenvalue weighted by atomic mass is 16.5. The monoisotopic (exact) mass is 302 g/mol. The van der Waals surface area contributed by atoms with Crippen molar-refractivity contribution in [2.24, 2.45) is 0 Å². The van der Waals surface area contributed by atoms with Crippen molar-refractivity contribution in [1.29, 1.82) is 0 Å². The summed E-state index contributed by atoms with van der Waals surface area (Å²) in [6.45, 7) is 1.06. The molecule has 4 nitrogen and oxygen atoms in total. The van der Waals surface area contributed by atoms with E-state index in [2.05, 4.69) is 0 Å². The Morgan fingerprint density at radius 1 is 0.636 bits per heavy atom. The molecule has 0 saturated carbocycles. The number of hydrogen-bond acceptors (Lipinski definition) is 4. The molecule has 0 saturated heterocycles. The van der Waals surface area contributed by atoms with E-state index < -0.39 is 0 Å². The van der Waals surface area contributed by atoms with E-state index >= 15 is 0 Å². The lowest BCUT2D eigenvalue weighted by molar-refractivity contribution is 0.212. The van der Waals surface area contributed by atoms with Crippen LogP contribution in [-0.4, -0.2) is 36.6 Å². The van der Waals surface area contributed by atoms with Gasteiger partial charge in [0.25, 0.3) is 0 Å². The van der Waals surface area contributed by atoms with Gasteiger partial charge in [-0.25, -0.2) is 0 Å². The van der Waals surface area contributed by atoms with E-state index in [9.17, 15) is 0 Å². The van der Waals surface area contributed by atoms with Crippen molar-refractivity contribution < 1.29 is 19.7 Å². The maximum absolute atomic E-state index is 9.04. The molecule has 4 heteroatoms. The van der Waals surface area contributed by atoms with Crippen LogP contribution in [-0.2, 0) is 12.8 Å². The first-order chi connectivity index (χ1) is 10.8. The van der Waals surface area contributed by atoms with E-state index in [1.165, 1.54) is 0 Å². The van der Waals surface area contributed by atoms with Gasteiger partial charge < -0.3 is 19.7 Å². The van der Waals surface area contributed by atoms with Gasteiger partial charge in [-0.05, 0) is 36.1 Å². The Hall–Kier alpha value is -2.04. The first-order valence-corrected chi connectivity index (χ1v) is 7.48. The molecule has 2 aromatic rings. The predicted molar refractivity (Wildman–Crippen MR) is 85.5 cm³/mol. The van der Waals surface area contributed by atoms with Crippen LogP contribution in [0.15, 0.2) is 48.5 Å². The maximum atomic E-state index is 9.04. The lowest BCUT2D eigenvalue weighted by Crippen LogP contribution is -2.11. The molecule has 2 rings (SSSR count). The van der Waals surface area contributed by atoms with Gasteiger partial charge in [-0.15, -0.1) is 0 Å². The number of benzene rings is 2. The van der Waals surface area contributed by atoms with Crippen LogP contribution in [0.5, 0.6) is 11.5 Å². The van der Waals surface area contributed by atoms with Gasteiger partial charge in [-0.3, -0.25) is 0 Å². The van der Waals surface area contributed by atoms with Crippen molar-refractivity contribution in [2.45, 2.75) is 12.8 Å². The summed E-state index contributed by atoms with van der Waals surface area (Å²) in [6, 6.07) is 15.4. The molecule has 0 aliphatic heterocycles. The van der Waals surface area contributed by atoms with E-state index in [1.54, 1.807) is 0 Å². The summed E-state index contributed by atoms with van der Waals surface area (Å²) in [5.74, 6) is 1.56. The first kappa shape index (κ1) is 16.3. The van der Waals surface area contributed by atoms with Crippen molar-refractivity contribution in [3.8, 4) is 11.5 Å². The smallest absolute Gasteiger partial charge is 0.122 e. The van der Waals surface area contributed by atoms with E-state index in [1.807, 2.05) is 48.5 Å². The fourth-order valence-electron chi connectivity index (χ4n) is 2.25. The van der Waals surface area contributed by atoms with Gasteiger partial charge in [0.05, 0.1) is 0 Å². The molecule has 0 atom stereocenters. The number of aliphatic hydroxyl groups excluding tert-OH is 2. The van der Waals surface area contributed by atoms with E-state index in [4.69, 9.17) is 19.7 Å². The van der Waals surface area contributed by atoms with Gasteiger partial charge >= 0.3 is 0 Å². The lowest BCUT2D eigenvalue weighted by Gasteiger charge is -2.13. The molecular formula is C18H22O4. The third-order valence-electron chi connectivity index (χ3n) is 3.31. The Morgan fingerprint density at radius 3 is 1.45 bits per heavy atom. The van der Waals surface area contributed by atoms with Gasteiger partial charge in [0.2, 0.25) is 0 Å². The topological polar surface area (TPSA) is 58.9 Å². The van der Waals surface area contributed by atoms with Gasteiger partial charge in [-0.1, -0.05) is 36.4 Å². The Kier molecular flexibility index (Phi) is 6.74. The minimum absolute atomic E-state index is 0.103. The average Bonchev–Trinajstić information content (AvgIpc) is 2.55. The van der Waals surface area contributed by atoms with Gasteiger partial charge in [0, 0.05) is 13.2 Å². The minimum Gasteiger partial charge on any atom is -0.490 e. The van der Waals surface area contributed by atoms with Crippen LogP contribution in [0.4, 0.5) is 0 Å². The lowest BCUT2D eigenvalue weighted by atomic mass is 10.1. The maximum Gasteiger partial charge on any atom is 0.122 e. The summed E-state index contributed by atoms with van der Waals surface area (Å²) in [5, 5.41) is 18.1. The van der Waals surface area contributed by atoms with Crippen molar-refractivity contribution in [1.82, 2.24) is 0 Å². The first-order valence-electron chi connectivity index (χ1n) is 7.48. The molecule has 0 aliphatic rings. The van der Waals surface area contributed by atoms with Crippen LogP contribution in [0.2, 0.25) is 0 Å². The Bertz CT molecular complexity index is 517. The van der Waals surface area contributed by atoms with Crippen LogP contribution in [0.25, 0.3) is 0 Å². The molecule has 0 radical (unpaired) electrons. The summed E-state index contributed by atoms with van der Waals surface area (Å²) in [5.41, 5.74) is 1.98. The standard InChI is InChI=1S/C18H22O4/c19-11-9-15-5-1-3-7-17(15)21-13-14-22-18-8-4-2-6-16(18)10-12-20/h1-8,19-20H,9-14H2. The third kappa shape index (κ3) is 4.76. The Morgan fingerprint density at radius 2 is 1.05 bits per heavy atom. The second-order valence-corrected chi connectivity index (χ2v) is 4.86. The molecule has 0 heterocycles. The van der Waals surface area contributed by atoms with Crippen molar-refractivity contribution >= 4 is 0 Å². The van der Waals surface area contributed by atoms with Crippen molar-refractivity contribution in [2.75, 3.05) is 26.4 Å². The fraction of sp³-hybridized carbons (Fsp3) is 0.333. The second-order valence-electron chi connectivity index (χ2n) is 4.86. The summed E-state index contributed by atoms with van der Waals surface area (Å²) in [6.07, 6.45) is 1.16. The zero-order valence-electron chi connectivity index (χ0n) is 12.6. The van der Waals surface area contributed by atoms with Crippen LogP contribution >= 0.6 is 0 Å². The third-order valence-corrected chi connectivity index (χ3v) is 3.31. The van der Waals surface area contributed by atoms with Crippen LogP contribution < -0.4 is 9.47 Å². The van der Waals surface area contributed by atoms with Crippen LogP contribution in [0.3, 0.4) is 0 Å². The largest absolute Gasteiger partial charge is 0.490 e. The molecule has 0 fully saturated rings. The number of para-hydroxylation sites is 2. The molecule has 0 amide bonds. The summed E-state index contributed by atoms with van der Waals surface area (Å²) >= 11 is 0. The highest BCUT2D eigenvalue weighted by Crippen LogP contribution is 2.20. The Balaban J connectivity index is 1.85. The zero-order valence-corrected chi connectivity index (χ0v) is 12.6. The van der Waals surface area contributed by atoms with E-state index in [-0.39, 0.29) is 13.2 Å². The second kappa shape index (κ2) is 9.07. The summed E-state index contributed by atoms with van der Waals surface area (Å²) in [4.78, 5) is 0. The van der Waals surface area contributed by atoms with Gasteiger partial charge in [0.1, 0.15) is 24.7 Å². The molecule has 0 spiro atoms. The molecule has 118 valence electrons. The average molecular weight is 302 g/mol. The number of ether oxygens (including phenoxy) is 2. The number of rotatable bonds is 9. The fourth-order valence-corrected chi connectivity index (χ4v) is 2.25. The highest BCUT2D eigenvalue weighted by Gasteiger charge is 2.04. The van der Waals surface area contributed by atoms with E-state index in [0.717, 1.165) is 22.6 Å². The van der Waals surface area contributed by atoms with E-state index in [0.29, 0.717) is 26.1 Å². The van der Waals surface area contributed by atoms with Crippen LogP contribution in [0, 0.1) is 0 Å². The van der Waals surface area contributed by atoms with Crippen molar-refractivity contribution in [3.05, 3.63) is 59.7 Å². The molecule has 22 heavy (non-hydrogen) atoms. The van der Waals surface area contributed by atoms with Crippen molar-refractivity contribution in [3.63, 3.8) is 0 Å². The number of aliphatic hydroxyl groups is 2. The molecule has 0 aromatic heterocycles. The molecule has 0 aliphatic carbocycles. The Labute approximate surface area is 130 Å². The van der Waals surface area contributed by atoms with Gasteiger partial charge in [-0.2, -0.15) is 0 Å².